The van der Waals surface area contributed by atoms with Gasteiger partial charge in [0.25, 0.3) is 0 Å². The van der Waals surface area contributed by atoms with E-state index < -0.39 is 5.97 Å². The van der Waals surface area contributed by atoms with E-state index in [9.17, 15) is 9.59 Å². The zero-order valence-corrected chi connectivity index (χ0v) is 13.2. The van der Waals surface area contributed by atoms with E-state index in [1.165, 1.54) is 12.1 Å². The molecule has 22 heavy (non-hydrogen) atoms. The van der Waals surface area contributed by atoms with Gasteiger partial charge in [-0.25, -0.2) is 4.79 Å². The van der Waals surface area contributed by atoms with Crippen LogP contribution in [0.25, 0.3) is 0 Å². The summed E-state index contributed by atoms with van der Waals surface area (Å²) >= 11 is 11.8. The van der Waals surface area contributed by atoms with Gasteiger partial charge in [0.05, 0.1) is 15.6 Å². The number of rotatable bonds is 5. The van der Waals surface area contributed by atoms with Gasteiger partial charge in [0, 0.05) is 24.7 Å². The number of anilines is 1. The molecule has 4 nitrogen and oxygen atoms in total. The molecule has 0 saturated carbocycles. The van der Waals surface area contributed by atoms with Crippen LogP contribution < -0.4 is 5.32 Å². The van der Waals surface area contributed by atoms with Crippen LogP contribution in [0.15, 0.2) is 36.4 Å². The Morgan fingerprint density at radius 1 is 1.09 bits per heavy atom. The number of hydrogen-bond acceptors (Lipinski definition) is 3. The molecule has 0 unspecified atom stereocenters. The summed E-state index contributed by atoms with van der Waals surface area (Å²) in [6, 6.07) is 9.36. The molecule has 2 aromatic rings. The van der Waals surface area contributed by atoms with Crippen LogP contribution in [0.5, 0.6) is 0 Å². The van der Waals surface area contributed by atoms with Crippen molar-refractivity contribution in [2.24, 2.45) is 0 Å². The minimum atomic E-state index is -1.08. The van der Waals surface area contributed by atoms with E-state index >= 15 is 0 Å². The molecule has 0 saturated heterocycles. The van der Waals surface area contributed by atoms with Crippen molar-refractivity contribution in [3.63, 3.8) is 0 Å². The van der Waals surface area contributed by atoms with Crippen LogP contribution in [-0.2, 0) is 6.42 Å². The van der Waals surface area contributed by atoms with E-state index in [2.05, 4.69) is 5.32 Å². The molecule has 0 aromatic heterocycles. The second-order valence-corrected chi connectivity index (χ2v) is 5.48. The summed E-state index contributed by atoms with van der Waals surface area (Å²) in [4.78, 5) is 23.5. The topological polar surface area (TPSA) is 66.4 Å². The van der Waals surface area contributed by atoms with Crippen molar-refractivity contribution in [1.29, 1.82) is 0 Å². The van der Waals surface area contributed by atoms with Crippen LogP contribution in [0.2, 0.25) is 10.0 Å². The Morgan fingerprint density at radius 3 is 2.41 bits per heavy atom. The molecule has 0 bridgehead atoms. The maximum atomic E-state index is 12.5. The van der Waals surface area contributed by atoms with Gasteiger partial charge in [-0.2, -0.15) is 0 Å². The molecule has 2 N–H and O–H groups in total. The number of carbonyl (C=O) groups is 2. The van der Waals surface area contributed by atoms with Crippen LogP contribution in [0.1, 0.15) is 26.3 Å². The van der Waals surface area contributed by atoms with Crippen LogP contribution in [0, 0.1) is 0 Å². The third-order valence-electron chi connectivity index (χ3n) is 3.18. The number of halogens is 2. The molecule has 0 aliphatic heterocycles. The molecule has 0 amide bonds. The lowest BCUT2D eigenvalue weighted by atomic mass is 9.99. The summed E-state index contributed by atoms with van der Waals surface area (Å²) in [6.07, 6.45) is 0.106. The molecule has 2 rings (SSSR count). The zero-order valence-electron chi connectivity index (χ0n) is 11.7. The third kappa shape index (κ3) is 3.59. The Hall–Kier alpha value is -2.04. The van der Waals surface area contributed by atoms with Gasteiger partial charge in [0.15, 0.2) is 5.78 Å². The highest BCUT2D eigenvalue weighted by atomic mass is 35.5. The molecule has 114 valence electrons. The number of ketones is 1. The number of aromatic carboxylic acids is 1. The van der Waals surface area contributed by atoms with E-state index in [0.717, 1.165) is 0 Å². The second-order valence-electron chi connectivity index (χ2n) is 4.66. The van der Waals surface area contributed by atoms with Gasteiger partial charge in [0.2, 0.25) is 0 Å². The summed E-state index contributed by atoms with van der Waals surface area (Å²) in [6.45, 7) is 0. The molecule has 0 fully saturated rings. The fourth-order valence-electron chi connectivity index (χ4n) is 2.06. The minimum absolute atomic E-state index is 0.0662. The van der Waals surface area contributed by atoms with Crippen molar-refractivity contribution >= 4 is 40.6 Å². The summed E-state index contributed by atoms with van der Waals surface area (Å²) in [7, 11) is 1.67. The number of carboxylic acid groups (broad SMARTS) is 1. The van der Waals surface area contributed by atoms with Crippen molar-refractivity contribution < 1.29 is 14.7 Å². The highest BCUT2D eigenvalue weighted by Crippen LogP contribution is 2.24. The monoisotopic (exact) mass is 337 g/mol. The fourth-order valence-corrected chi connectivity index (χ4v) is 2.38. The number of nitrogens with one attached hydrogen (secondary N) is 1. The number of hydrogen-bond donors (Lipinski definition) is 2. The fraction of sp³-hybridized carbons (Fsp3) is 0.125. The quantitative estimate of drug-likeness (QED) is 0.804. The molecular weight excluding hydrogens is 325 g/mol. The Bertz CT molecular complexity index is 744. The van der Waals surface area contributed by atoms with Crippen molar-refractivity contribution in [1.82, 2.24) is 0 Å². The van der Waals surface area contributed by atoms with Crippen molar-refractivity contribution in [2.45, 2.75) is 6.42 Å². The summed E-state index contributed by atoms with van der Waals surface area (Å²) in [5, 5.41) is 12.7. The first-order valence-corrected chi connectivity index (χ1v) is 7.20. The van der Waals surface area contributed by atoms with E-state index in [-0.39, 0.29) is 17.8 Å². The molecular formula is C16H13Cl2NO3. The third-order valence-corrected chi connectivity index (χ3v) is 3.92. The van der Waals surface area contributed by atoms with Gasteiger partial charge < -0.3 is 10.4 Å². The molecule has 2 aromatic carbocycles. The highest BCUT2D eigenvalue weighted by molar-refractivity contribution is 6.42. The first-order valence-electron chi connectivity index (χ1n) is 6.44. The lowest BCUT2D eigenvalue weighted by molar-refractivity contribution is 0.0697. The highest BCUT2D eigenvalue weighted by Gasteiger charge is 2.15. The predicted molar refractivity (Wildman–Crippen MR) is 87.4 cm³/mol. The van der Waals surface area contributed by atoms with E-state index in [4.69, 9.17) is 28.3 Å². The normalized spacial score (nSPS) is 10.3. The maximum absolute atomic E-state index is 12.5. The van der Waals surface area contributed by atoms with Crippen LogP contribution in [-0.4, -0.2) is 23.9 Å². The van der Waals surface area contributed by atoms with E-state index in [1.54, 1.807) is 31.3 Å². The standard InChI is InChI=1S/C16H13Cl2NO3/c1-19-14-5-3-10(16(21)22)8-11(14)15(20)7-9-2-4-12(17)13(18)6-9/h2-6,8,19H,7H2,1H3,(H,21,22). The van der Waals surface area contributed by atoms with Crippen molar-refractivity contribution in [3.05, 3.63) is 63.1 Å². The Balaban J connectivity index is 2.33. The molecule has 0 aliphatic rings. The second kappa shape index (κ2) is 6.81. The summed E-state index contributed by atoms with van der Waals surface area (Å²) in [5.41, 5.74) is 1.68. The largest absolute Gasteiger partial charge is 0.478 e. The SMILES string of the molecule is CNc1ccc(C(=O)O)cc1C(=O)Cc1ccc(Cl)c(Cl)c1. The summed E-state index contributed by atoms with van der Waals surface area (Å²) < 4.78 is 0. The lowest BCUT2D eigenvalue weighted by Crippen LogP contribution is -2.09. The average molecular weight is 338 g/mol. The number of carbonyl (C=O) groups excluding carboxylic acids is 1. The molecule has 0 aliphatic carbocycles. The van der Waals surface area contributed by atoms with Crippen molar-refractivity contribution in [2.75, 3.05) is 12.4 Å². The van der Waals surface area contributed by atoms with Gasteiger partial charge in [0.1, 0.15) is 0 Å². The van der Waals surface area contributed by atoms with Gasteiger partial charge in [-0.05, 0) is 35.9 Å². The molecule has 0 radical (unpaired) electrons. The predicted octanol–water partition coefficient (Wildman–Crippen LogP) is 4.16. The number of benzene rings is 2. The first kappa shape index (κ1) is 16.3. The van der Waals surface area contributed by atoms with Gasteiger partial charge in [-0.15, -0.1) is 0 Å². The number of Topliss-reactive ketones (excluding diaryl/α,β-unsaturated/α-hetero) is 1. The maximum Gasteiger partial charge on any atom is 0.335 e. The lowest BCUT2D eigenvalue weighted by Gasteiger charge is -2.10. The zero-order chi connectivity index (χ0) is 16.3. The number of carboxylic acids is 1. The van der Waals surface area contributed by atoms with Crippen LogP contribution in [0.4, 0.5) is 5.69 Å². The molecule has 0 heterocycles. The van der Waals surface area contributed by atoms with Crippen molar-refractivity contribution in [3.8, 4) is 0 Å². The van der Waals surface area contributed by atoms with Gasteiger partial charge in [-0.1, -0.05) is 29.3 Å². The van der Waals surface area contributed by atoms with E-state index in [1.807, 2.05) is 0 Å². The van der Waals surface area contributed by atoms with E-state index in [0.29, 0.717) is 26.9 Å². The Kier molecular flexibility index (Phi) is 5.06. The Morgan fingerprint density at radius 2 is 1.82 bits per heavy atom. The molecule has 0 spiro atoms. The minimum Gasteiger partial charge on any atom is -0.478 e. The smallest absolute Gasteiger partial charge is 0.335 e. The van der Waals surface area contributed by atoms with Gasteiger partial charge >= 0.3 is 5.97 Å². The molecule has 6 heteroatoms. The summed E-state index contributed by atoms with van der Waals surface area (Å²) in [5.74, 6) is -1.28. The Labute approximate surface area is 137 Å². The average Bonchev–Trinajstić information content (AvgIpc) is 2.50. The van der Waals surface area contributed by atoms with Gasteiger partial charge in [-0.3, -0.25) is 4.79 Å². The van der Waals surface area contributed by atoms with Crippen LogP contribution in [0.3, 0.4) is 0 Å². The van der Waals surface area contributed by atoms with Crippen LogP contribution >= 0.6 is 23.2 Å². The first-order chi connectivity index (χ1) is 10.4. The molecule has 0 atom stereocenters.